The van der Waals surface area contributed by atoms with Crippen LogP contribution in [0, 0.1) is 0 Å². The molecule has 0 aliphatic heterocycles. The summed E-state index contributed by atoms with van der Waals surface area (Å²) < 4.78 is 0. The largest absolute Gasteiger partial charge is 0.368 e. The van der Waals surface area contributed by atoms with Gasteiger partial charge >= 0.3 is 0 Å². The van der Waals surface area contributed by atoms with Crippen molar-refractivity contribution in [2.24, 2.45) is 0 Å². The zero-order chi connectivity index (χ0) is 12.4. The molecule has 4 nitrogen and oxygen atoms in total. The third-order valence-corrected chi connectivity index (χ3v) is 2.81. The fraction of sp³-hybridized carbons (Fsp3) is 0.0714. The summed E-state index contributed by atoms with van der Waals surface area (Å²) in [6, 6.07) is 13.5. The van der Waals surface area contributed by atoms with E-state index in [-0.39, 0.29) is 0 Å². The van der Waals surface area contributed by atoms with E-state index < -0.39 is 6.23 Å². The molecule has 0 amide bonds. The van der Waals surface area contributed by atoms with Crippen LogP contribution in [0.3, 0.4) is 0 Å². The molecule has 1 aromatic carbocycles. The minimum absolute atomic E-state index is 0.736. The summed E-state index contributed by atoms with van der Waals surface area (Å²) in [4.78, 5) is 7.17. The zero-order valence-corrected chi connectivity index (χ0v) is 9.67. The van der Waals surface area contributed by atoms with Crippen molar-refractivity contribution in [1.29, 1.82) is 0 Å². The first-order valence-corrected chi connectivity index (χ1v) is 5.75. The van der Waals surface area contributed by atoms with Gasteiger partial charge in [-0.15, -0.1) is 0 Å². The van der Waals surface area contributed by atoms with Crippen molar-refractivity contribution < 1.29 is 5.11 Å². The molecule has 0 spiro atoms. The highest BCUT2D eigenvalue weighted by Gasteiger charge is 2.10. The number of hydrogen-bond acceptors (Lipinski definition) is 3. The maximum Gasteiger partial charge on any atom is 0.165 e. The number of aromatic nitrogens is 2. The van der Waals surface area contributed by atoms with Crippen molar-refractivity contribution in [3.63, 3.8) is 0 Å². The Morgan fingerprint density at radius 1 is 1.17 bits per heavy atom. The molecule has 0 aliphatic carbocycles. The molecule has 0 fully saturated rings. The molecule has 18 heavy (non-hydrogen) atoms. The quantitative estimate of drug-likeness (QED) is 0.616. The Hall–Kier alpha value is -2.33. The SMILES string of the molecule is OC(Nc1cccnc1)c1cc2ccccc2[nH]1. The predicted molar refractivity (Wildman–Crippen MR) is 71.1 cm³/mol. The standard InChI is InChI=1S/C14H13N3O/c18-14(16-11-5-3-7-15-9-11)13-8-10-4-1-2-6-12(10)17-13/h1-9,14,16-18H. The summed E-state index contributed by atoms with van der Waals surface area (Å²) in [6.07, 6.45) is 2.59. The van der Waals surface area contributed by atoms with Crippen molar-refractivity contribution in [1.82, 2.24) is 9.97 Å². The van der Waals surface area contributed by atoms with Gasteiger partial charge in [0.1, 0.15) is 0 Å². The van der Waals surface area contributed by atoms with E-state index in [1.165, 1.54) is 0 Å². The van der Waals surface area contributed by atoms with Gasteiger partial charge in [-0.1, -0.05) is 18.2 Å². The number of para-hydroxylation sites is 1. The lowest BCUT2D eigenvalue weighted by atomic mass is 10.2. The Kier molecular flexibility index (Phi) is 2.70. The summed E-state index contributed by atoms with van der Waals surface area (Å²) in [5, 5.41) is 14.2. The number of aliphatic hydroxyl groups is 1. The fourth-order valence-electron chi connectivity index (χ4n) is 1.93. The van der Waals surface area contributed by atoms with Gasteiger partial charge in [-0.05, 0) is 29.7 Å². The number of hydrogen-bond donors (Lipinski definition) is 3. The number of rotatable bonds is 3. The second kappa shape index (κ2) is 4.50. The van der Waals surface area contributed by atoms with Gasteiger partial charge < -0.3 is 15.4 Å². The zero-order valence-electron chi connectivity index (χ0n) is 9.67. The lowest BCUT2D eigenvalue weighted by Crippen LogP contribution is -2.09. The highest BCUT2D eigenvalue weighted by Crippen LogP contribution is 2.21. The number of H-pyrrole nitrogens is 1. The molecule has 1 unspecified atom stereocenters. The van der Waals surface area contributed by atoms with Crippen LogP contribution in [0.4, 0.5) is 5.69 Å². The van der Waals surface area contributed by atoms with E-state index in [1.54, 1.807) is 12.4 Å². The average molecular weight is 239 g/mol. The van der Waals surface area contributed by atoms with Crippen LogP contribution in [-0.2, 0) is 0 Å². The number of benzene rings is 1. The molecule has 0 saturated carbocycles. The van der Waals surface area contributed by atoms with E-state index in [4.69, 9.17) is 0 Å². The fourth-order valence-corrected chi connectivity index (χ4v) is 1.93. The smallest absolute Gasteiger partial charge is 0.165 e. The van der Waals surface area contributed by atoms with Crippen LogP contribution in [0.15, 0.2) is 54.9 Å². The average Bonchev–Trinajstić information content (AvgIpc) is 2.84. The second-order valence-electron chi connectivity index (χ2n) is 4.10. The van der Waals surface area contributed by atoms with Gasteiger partial charge in [-0.25, -0.2) is 0 Å². The molecule has 3 aromatic rings. The molecule has 3 rings (SSSR count). The van der Waals surface area contributed by atoms with Crippen molar-refractivity contribution in [3.8, 4) is 0 Å². The minimum atomic E-state index is -0.776. The maximum absolute atomic E-state index is 10.1. The molecule has 0 bridgehead atoms. The van der Waals surface area contributed by atoms with E-state index in [0.29, 0.717) is 0 Å². The van der Waals surface area contributed by atoms with Crippen LogP contribution in [0.2, 0.25) is 0 Å². The minimum Gasteiger partial charge on any atom is -0.368 e. The molecule has 90 valence electrons. The van der Waals surface area contributed by atoms with Crippen molar-refractivity contribution in [2.45, 2.75) is 6.23 Å². The van der Waals surface area contributed by atoms with Gasteiger partial charge in [0, 0.05) is 11.7 Å². The third kappa shape index (κ3) is 2.06. The van der Waals surface area contributed by atoms with E-state index in [2.05, 4.69) is 15.3 Å². The summed E-state index contributed by atoms with van der Waals surface area (Å²) in [5.74, 6) is 0. The van der Waals surface area contributed by atoms with Gasteiger partial charge in [-0.2, -0.15) is 0 Å². The van der Waals surface area contributed by atoms with Gasteiger partial charge in [0.05, 0.1) is 17.6 Å². The van der Waals surface area contributed by atoms with Crippen LogP contribution >= 0.6 is 0 Å². The van der Waals surface area contributed by atoms with Crippen molar-refractivity contribution >= 4 is 16.6 Å². The van der Waals surface area contributed by atoms with Crippen molar-refractivity contribution in [3.05, 3.63) is 60.6 Å². The number of nitrogens with zero attached hydrogens (tertiary/aromatic N) is 1. The number of fused-ring (bicyclic) bond motifs is 1. The predicted octanol–water partition coefficient (Wildman–Crippen LogP) is 2.67. The van der Waals surface area contributed by atoms with Crippen molar-refractivity contribution in [2.75, 3.05) is 5.32 Å². The molecule has 1 atom stereocenters. The third-order valence-electron chi connectivity index (χ3n) is 2.81. The lowest BCUT2D eigenvalue weighted by molar-refractivity contribution is 0.204. The van der Waals surface area contributed by atoms with Crippen LogP contribution in [0.1, 0.15) is 11.9 Å². The molecule has 0 saturated heterocycles. The van der Waals surface area contributed by atoms with E-state index in [1.807, 2.05) is 42.5 Å². The molecule has 3 N–H and O–H groups in total. The number of nitrogens with one attached hydrogen (secondary N) is 2. The Balaban J connectivity index is 1.86. The lowest BCUT2D eigenvalue weighted by Gasteiger charge is -2.11. The summed E-state index contributed by atoms with van der Waals surface area (Å²) in [7, 11) is 0. The van der Waals surface area contributed by atoms with Gasteiger partial charge in [-0.3, -0.25) is 4.98 Å². The summed E-state index contributed by atoms with van der Waals surface area (Å²) in [5.41, 5.74) is 2.53. The molecule has 4 heteroatoms. The first-order chi connectivity index (χ1) is 8.83. The molecule has 0 radical (unpaired) electrons. The Morgan fingerprint density at radius 2 is 2.06 bits per heavy atom. The van der Waals surface area contributed by atoms with Crippen LogP contribution in [-0.4, -0.2) is 15.1 Å². The van der Waals surface area contributed by atoms with Gasteiger partial charge in [0.25, 0.3) is 0 Å². The molecular formula is C14H13N3O. The Labute approximate surface area is 104 Å². The monoisotopic (exact) mass is 239 g/mol. The molecule has 0 aliphatic rings. The number of aliphatic hydroxyl groups excluding tert-OH is 1. The first kappa shape index (κ1) is 10.8. The Bertz CT molecular complexity index is 615. The molecular weight excluding hydrogens is 226 g/mol. The highest BCUT2D eigenvalue weighted by molar-refractivity contribution is 5.80. The van der Waals surface area contributed by atoms with Crippen LogP contribution in [0.5, 0.6) is 0 Å². The highest BCUT2D eigenvalue weighted by atomic mass is 16.3. The van der Waals surface area contributed by atoms with E-state index in [9.17, 15) is 5.11 Å². The van der Waals surface area contributed by atoms with Gasteiger partial charge in [0.15, 0.2) is 6.23 Å². The van der Waals surface area contributed by atoms with Crippen LogP contribution < -0.4 is 5.32 Å². The number of anilines is 1. The maximum atomic E-state index is 10.1. The van der Waals surface area contributed by atoms with E-state index in [0.717, 1.165) is 22.3 Å². The summed E-state index contributed by atoms with van der Waals surface area (Å²) in [6.45, 7) is 0. The first-order valence-electron chi connectivity index (χ1n) is 5.75. The number of pyridine rings is 1. The Morgan fingerprint density at radius 3 is 2.83 bits per heavy atom. The van der Waals surface area contributed by atoms with Gasteiger partial charge in [0.2, 0.25) is 0 Å². The molecule has 2 heterocycles. The van der Waals surface area contributed by atoms with Crippen LogP contribution in [0.25, 0.3) is 10.9 Å². The molecule has 2 aromatic heterocycles. The topological polar surface area (TPSA) is 60.9 Å². The second-order valence-corrected chi connectivity index (χ2v) is 4.10. The normalized spacial score (nSPS) is 12.5. The summed E-state index contributed by atoms with van der Waals surface area (Å²) >= 11 is 0. The van der Waals surface area contributed by atoms with E-state index >= 15 is 0 Å². The number of aromatic amines is 1.